The minimum Gasteiger partial charge on any atom is -0.488 e. The third-order valence-electron chi connectivity index (χ3n) is 5.06. The smallest absolute Gasteiger partial charge is 0.178 e. The molecule has 3 aromatic rings. The summed E-state index contributed by atoms with van der Waals surface area (Å²) in [5, 5.41) is 4.12. The van der Waals surface area contributed by atoms with Gasteiger partial charge in [0.25, 0.3) is 0 Å². The van der Waals surface area contributed by atoms with Gasteiger partial charge >= 0.3 is 0 Å². The summed E-state index contributed by atoms with van der Waals surface area (Å²) in [5.74, 6) is 1.83. The van der Waals surface area contributed by atoms with E-state index >= 15 is 0 Å². The predicted octanol–water partition coefficient (Wildman–Crippen LogP) is 4.04. The van der Waals surface area contributed by atoms with Gasteiger partial charge in [0.05, 0.1) is 5.52 Å². The number of rotatable bonds is 3. The first-order valence-corrected chi connectivity index (χ1v) is 9.38. The first kappa shape index (κ1) is 17.3. The molecular weight excluding hydrogens is 348 g/mol. The fourth-order valence-electron chi connectivity index (χ4n) is 3.64. The maximum atomic E-state index is 6.45. The molecule has 0 saturated carbocycles. The summed E-state index contributed by atoms with van der Waals surface area (Å²) < 4.78 is 8.52. The van der Waals surface area contributed by atoms with Gasteiger partial charge in [-0.05, 0) is 57.0 Å². The van der Waals surface area contributed by atoms with Crippen molar-refractivity contribution in [2.24, 2.45) is 7.05 Å². The summed E-state index contributed by atoms with van der Waals surface area (Å²) in [6, 6.07) is 5.96. The molecular formula is C20H23ClN4O. The molecule has 0 spiro atoms. The molecule has 1 unspecified atom stereocenters. The number of nitrogens with zero attached hydrogens (tertiary/aromatic N) is 3. The Morgan fingerprint density at radius 3 is 2.88 bits per heavy atom. The zero-order chi connectivity index (χ0) is 18.3. The van der Waals surface area contributed by atoms with Crippen LogP contribution < -0.4 is 10.1 Å². The van der Waals surface area contributed by atoms with Crippen molar-refractivity contribution in [2.45, 2.75) is 32.8 Å². The Labute approximate surface area is 158 Å². The molecule has 0 aliphatic carbocycles. The molecule has 26 heavy (non-hydrogen) atoms. The van der Waals surface area contributed by atoms with Crippen LogP contribution in [0.3, 0.4) is 0 Å². The Morgan fingerprint density at radius 1 is 1.27 bits per heavy atom. The van der Waals surface area contributed by atoms with Crippen molar-refractivity contribution in [3.8, 4) is 16.9 Å². The van der Waals surface area contributed by atoms with E-state index in [2.05, 4.69) is 19.9 Å². The van der Waals surface area contributed by atoms with Crippen LogP contribution in [0.1, 0.15) is 24.2 Å². The Balaban J connectivity index is 1.88. The molecule has 3 heterocycles. The van der Waals surface area contributed by atoms with Gasteiger partial charge in [0, 0.05) is 35.9 Å². The lowest BCUT2D eigenvalue weighted by Crippen LogP contribution is -2.37. The Morgan fingerprint density at radius 2 is 2.12 bits per heavy atom. The van der Waals surface area contributed by atoms with Gasteiger partial charge in [0.15, 0.2) is 5.65 Å². The highest BCUT2D eigenvalue weighted by Crippen LogP contribution is 2.39. The van der Waals surface area contributed by atoms with Crippen LogP contribution in [0.2, 0.25) is 5.02 Å². The van der Waals surface area contributed by atoms with Crippen LogP contribution in [0, 0.1) is 13.8 Å². The number of halogens is 1. The van der Waals surface area contributed by atoms with Gasteiger partial charge in [-0.3, -0.25) is 0 Å². The first-order chi connectivity index (χ1) is 12.5. The number of ether oxygens (including phenoxy) is 1. The fraction of sp³-hybridized carbons (Fsp3) is 0.400. The highest BCUT2D eigenvalue weighted by atomic mass is 35.5. The zero-order valence-corrected chi connectivity index (χ0v) is 16.1. The molecule has 5 nitrogen and oxygen atoms in total. The van der Waals surface area contributed by atoms with Crippen molar-refractivity contribution in [1.82, 2.24) is 19.9 Å². The number of fused-ring (bicyclic) bond motifs is 1. The molecule has 1 aromatic carbocycles. The van der Waals surface area contributed by atoms with Gasteiger partial charge in [0.1, 0.15) is 17.7 Å². The van der Waals surface area contributed by atoms with Gasteiger partial charge in [-0.1, -0.05) is 11.6 Å². The number of aryl methyl sites for hydroxylation is 3. The molecule has 136 valence electrons. The van der Waals surface area contributed by atoms with Crippen molar-refractivity contribution < 1.29 is 4.74 Å². The van der Waals surface area contributed by atoms with E-state index in [1.807, 2.05) is 39.1 Å². The maximum Gasteiger partial charge on any atom is 0.178 e. The van der Waals surface area contributed by atoms with E-state index in [0.29, 0.717) is 5.02 Å². The minimum absolute atomic E-state index is 0.174. The SMILES string of the molecule is Cc1cc(Cl)cc(-c2ccnc3nc(C)n(C)c23)c1OC1CCCNC1. The Bertz CT molecular complexity index is 960. The third-order valence-corrected chi connectivity index (χ3v) is 5.28. The van der Waals surface area contributed by atoms with E-state index in [-0.39, 0.29) is 6.10 Å². The van der Waals surface area contributed by atoms with Crippen LogP contribution >= 0.6 is 11.6 Å². The van der Waals surface area contributed by atoms with Crippen molar-refractivity contribution >= 4 is 22.8 Å². The Kier molecular flexibility index (Phi) is 4.59. The minimum atomic E-state index is 0.174. The van der Waals surface area contributed by atoms with E-state index < -0.39 is 0 Å². The highest BCUT2D eigenvalue weighted by Gasteiger charge is 2.21. The number of pyridine rings is 1. The van der Waals surface area contributed by atoms with Gasteiger partial charge < -0.3 is 14.6 Å². The molecule has 4 rings (SSSR count). The van der Waals surface area contributed by atoms with Crippen LogP contribution in [-0.4, -0.2) is 33.7 Å². The van der Waals surface area contributed by atoms with Crippen molar-refractivity contribution in [3.63, 3.8) is 0 Å². The molecule has 6 heteroatoms. The van der Waals surface area contributed by atoms with Gasteiger partial charge in [0.2, 0.25) is 0 Å². The summed E-state index contributed by atoms with van der Waals surface area (Å²) in [5.41, 5.74) is 4.82. The average Bonchev–Trinajstić information content (AvgIpc) is 2.92. The topological polar surface area (TPSA) is 52.0 Å². The van der Waals surface area contributed by atoms with Crippen molar-refractivity contribution in [3.05, 3.63) is 40.8 Å². The van der Waals surface area contributed by atoms with E-state index in [4.69, 9.17) is 16.3 Å². The van der Waals surface area contributed by atoms with E-state index in [0.717, 1.165) is 65.4 Å². The molecule has 1 N–H and O–H groups in total. The number of benzene rings is 1. The van der Waals surface area contributed by atoms with Crippen LogP contribution in [0.4, 0.5) is 0 Å². The molecule has 2 aromatic heterocycles. The van der Waals surface area contributed by atoms with Gasteiger partial charge in [-0.15, -0.1) is 0 Å². The monoisotopic (exact) mass is 370 g/mol. The number of aromatic nitrogens is 3. The molecule has 1 atom stereocenters. The molecule has 0 radical (unpaired) electrons. The fourth-order valence-corrected chi connectivity index (χ4v) is 3.91. The lowest BCUT2D eigenvalue weighted by atomic mass is 10.0. The van der Waals surface area contributed by atoms with Crippen LogP contribution in [0.5, 0.6) is 5.75 Å². The first-order valence-electron chi connectivity index (χ1n) is 9.00. The van der Waals surface area contributed by atoms with E-state index in [1.54, 1.807) is 6.20 Å². The van der Waals surface area contributed by atoms with E-state index in [9.17, 15) is 0 Å². The van der Waals surface area contributed by atoms with Crippen LogP contribution in [0.25, 0.3) is 22.3 Å². The third kappa shape index (κ3) is 3.06. The second-order valence-electron chi connectivity index (χ2n) is 6.93. The lowest BCUT2D eigenvalue weighted by molar-refractivity contribution is 0.167. The normalized spacial score (nSPS) is 17.6. The quantitative estimate of drug-likeness (QED) is 0.756. The number of hydrogen-bond donors (Lipinski definition) is 1. The van der Waals surface area contributed by atoms with Crippen LogP contribution in [-0.2, 0) is 7.05 Å². The van der Waals surface area contributed by atoms with Crippen molar-refractivity contribution in [2.75, 3.05) is 13.1 Å². The van der Waals surface area contributed by atoms with Crippen LogP contribution in [0.15, 0.2) is 24.4 Å². The number of piperidine rings is 1. The second kappa shape index (κ2) is 6.89. The van der Waals surface area contributed by atoms with Gasteiger partial charge in [-0.25, -0.2) is 9.97 Å². The summed E-state index contributed by atoms with van der Waals surface area (Å²) in [4.78, 5) is 8.98. The average molecular weight is 371 g/mol. The molecule has 1 aliphatic rings. The largest absolute Gasteiger partial charge is 0.488 e. The zero-order valence-electron chi connectivity index (χ0n) is 15.3. The molecule has 0 amide bonds. The number of imidazole rings is 1. The summed E-state index contributed by atoms with van der Waals surface area (Å²) >= 11 is 6.40. The molecule has 1 aliphatic heterocycles. The van der Waals surface area contributed by atoms with Gasteiger partial charge in [-0.2, -0.15) is 0 Å². The number of hydrogen-bond acceptors (Lipinski definition) is 4. The molecule has 0 bridgehead atoms. The second-order valence-corrected chi connectivity index (χ2v) is 7.37. The maximum absolute atomic E-state index is 6.45. The summed E-state index contributed by atoms with van der Waals surface area (Å²) in [6.45, 7) is 5.97. The highest BCUT2D eigenvalue weighted by molar-refractivity contribution is 6.31. The summed E-state index contributed by atoms with van der Waals surface area (Å²) in [7, 11) is 2.01. The lowest BCUT2D eigenvalue weighted by Gasteiger charge is -2.26. The van der Waals surface area contributed by atoms with E-state index in [1.165, 1.54) is 0 Å². The Hall–Kier alpha value is -2.11. The molecule has 1 saturated heterocycles. The summed E-state index contributed by atoms with van der Waals surface area (Å²) in [6.07, 6.45) is 4.16. The standard InChI is InChI=1S/C20H23ClN4O/c1-12-9-14(21)10-17(19(12)26-15-5-4-7-22-11-15)16-6-8-23-20-18(16)25(3)13(2)24-20/h6,8-10,15,22H,4-5,7,11H2,1-3H3. The molecule has 1 fully saturated rings. The number of nitrogens with one attached hydrogen (secondary N) is 1. The van der Waals surface area contributed by atoms with Crippen molar-refractivity contribution in [1.29, 1.82) is 0 Å². The predicted molar refractivity (Wildman–Crippen MR) is 105 cm³/mol.